The monoisotopic (exact) mass is 427 g/mol. The molecule has 2 fully saturated rings. The quantitative estimate of drug-likeness (QED) is 0.671. The van der Waals surface area contributed by atoms with Crippen molar-refractivity contribution in [3.05, 3.63) is 53.5 Å². The minimum Gasteiger partial charge on any atom is -0.489 e. The van der Waals surface area contributed by atoms with Crippen LogP contribution in [0.3, 0.4) is 0 Å². The molecule has 2 unspecified atom stereocenters. The third kappa shape index (κ3) is 4.98. The Kier molecular flexibility index (Phi) is 6.70. The maximum absolute atomic E-state index is 14.8. The lowest BCUT2D eigenvalue weighted by Gasteiger charge is -2.31. The zero-order valence-corrected chi connectivity index (χ0v) is 18.2. The minimum absolute atomic E-state index is 0.111. The molecule has 0 bridgehead atoms. The Balaban J connectivity index is 1.38. The van der Waals surface area contributed by atoms with Crippen LogP contribution in [0.5, 0.6) is 11.6 Å². The first-order valence-corrected chi connectivity index (χ1v) is 11.0. The zero-order valence-electron chi connectivity index (χ0n) is 18.2. The summed E-state index contributed by atoms with van der Waals surface area (Å²) >= 11 is 0. The number of nitrogens with zero attached hydrogens (tertiary/aromatic N) is 3. The van der Waals surface area contributed by atoms with Crippen LogP contribution in [-0.2, 0) is 6.61 Å². The van der Waals surface area contributed by atoms with E-state index in [1.165, 1.54) is 25.0 Å². The number of carbonyl (C=O) groups excluding carboxylic acids is 1. The van der Waals surface area contributed by atoms with Crippen LogP contribution in [0.15, 0.2) is 36.5 Å². The van der Waals surface area contributed by atoms with Crippen LogP contribution < -0.4 is 9.47 Å². The van der Waals surface area contributed by atoms with Crippen LogP contribution in [-0.4, -0.2) is 59.5 Å². The van der Waals surface area contributed by atoms with Gasteiger partial charge in [-0.2, -0.15) is 0 Å². The molecule has 166 valence electrons. The number of benzene rings is 1. The normalized spacial score (nSPS) is 21.5. The predicted octanol–water partition coefficient (Wildman–Crippen LogP) is 3.90. The van der Waals surface area contributed by atoms with Crippen LogP contribution in [0.25, 0.3) is 0 Å². The fourth-order valence-corrected chi connectivity index (χ4v) is 4.53. The van der Waals surface area contributed by atoms with E-state index in [1.54, 1.807) is 25.4 Å². The number of pyridine rings is 1. The molecule has 2 saturated heterocycles. The highest BCUT2D eigenvalue weighted by Crippen LogP contribution is 2.26. The summed E-state index contributed by atoms with van der Waals surface area (Å²) in [6.07, 6.45) is 6.03. The summed E-state index contributed by atoms with van der Waals surface area (Å²) in [5.74, 6) is 0.138. The zero-order chi connectivity index (χ0) is 21.8. The van der Waals surface area contributed by atoms with Crippen LogP contribution >= 0.6 is 0 Å². The molecule has 0 spiro atoms. The molecule has 1 aromatic heterocycles. The molecule has 4 rings (SSSR count). The van der Waals surface area contributed by atoms with Gasteiger partial charge in [0.2, 0.25) is 5.88 Å². The smallest absolute Gasteiger partial charge is 0.257 e. The molecule has 31 heavy (non-hydrogen) atoms. The van der Waals surface area contributed by atoms with Crippen LogP contribution in [0.2, 0.25) is 0 Å². The van der Waals surface area contributed by atoms with E-state index in [0.29, 0.717) is 24.2 Å². The molecule has 0 radical (unpaired) electrons. The van der Waals surface area contributed by atoms with E-state index in [1.807, 2.05) is 11.0 Å². The second-order valence-electron chi connectivity index (χ2n) is 8.42. The van der Waals surface area contributed by atoms with Crippen molar-refractivity contribution in [2.45, 2.75) is 51.3 Å². The summed E-state index contributed by atoms with van der Waals surface area (Å²) in [7, 11) is 1.56. The molecule has 1 aromatic carbocycles. The Bertz CT molecular complexity index is 905. The number of likely N-dealkylation sites (tertiary alicyclic amines) is 2. The highest BCUT2D eigenvalue weighted by molar-refractivity contribution is 5.95. The first-order chi connectivity index (χ1) is 15.0. The first-order valence-electron chi connectivity index (χ1n) is 11.0. The lowest BCUT2D eigenvalue weighted by atomic mass is 10.1. The van der Waals surface area contributed by atoms with Gasteiger partial charge in [0.15, 0.2) is 0 Å². The molecule has 2 aromatic rings. The van der Waals surface area contributed by atoms with Gasteiger partial charge in [-0.15, -0.1) is 0 Å². The van der Waals surface area contributed by atoms with E-state index in [9.17, 15) is 9.18 Å². The van der Waals surface area contributed by atoms with Crippen LogP contribution in [0.4, 0.5) is 4.39 Å². The van der Waals surface area contributed by atoms with Gasteiger partial charge in [0.05, 0.1) is 12.7 Å². The first kappa shape index (κ1) is 21.6. The van der Waals surface area contributed by atoms with Crippen LogP contribution in [0.1, 0.15) is 48.5 Å². The Hall–Kier alpha value is -2.67. The predicted molar refractivity (Wildman–Crippen MR) is 116 cm³/mol. The third-order valence-electron chi connectivity index (χ3n) is 6.36. The van der Waals surface area contributed by atoms with Crippen molar-refractivity contribution in [3.8, 4) is 11.6 Å². The standard InChI is InChI=1S/C24H30FN3O3/c1-17-5-3-11-27(17)15-19-6-4-12-28(19)24(29)21-9-8-20(13-22(21)25)31-16-18-7-10-23(30-2)26-14-18/h7-10,13-14,17,19H,3-6,11-12,15-16H2,1-2H3. The molecule has 0 N–H and O–H groups in total. The number of halogens is 1. The fourth-order valence-electron chi connectivity index (χ4n) is 4.53. The summed E-state index contributed by atoms with van der Waals surface area (Å²) in [6.45, 7) is 5.16. The van der Waals surface area contributed by atoms with E-state index in [2.05, 4.69) is 16.8 Å². The lowest BCUT2D eigenvalue weighted by molar-refractivity contribution is 0.0692. The number of methoxy groups -OCH3 is 1. The molecule has 2 aliphatic heterocycles. The molecule has 2 atom stereocenters. The molecule has 7 heteroatoms. The highest BCUT2D eigenvalue weighted by Gasteiger charge is 2.33. The topological polar surface area (TPSA) is 54.9 Å². The number of ether oxygens (including phenoxy) is 2. The van der Waals surface area contributed by atoms with Crippen molar-refractivity contribution in [2.24, 2.45) is 0 Å². The SMILES string of the molecule is COc1ccc(COc2ccc(C(=O)N3CCCC3CN3CCCC3C)c(F)c2)cn1. The highest BCUT2D eigenvalue weighted by atomic mass is 19.1. The number of hydrogen-bond donors (Lipinski definition) is 0. The van der Waals surface area contributed by atoms with E-state index in [-0.39, 0.29) is 24.1 Å². The van der Waals surface area contributed by atoms with E-state index in [0.717, 1.165) is 31.5 Å². The molecule has 0 aliphatic carbocycles. The summed E-state index contributed by atoms with van der Waals surface area (Å²) in [5, 5.41) is 0. The van der Waals surface area contributed by atoms with Gasteiger partial charge in [0.25, 0.3) is 5.91 Å². The van der Waals surface area contributed by atoms with Crippen molar-refractivity contribution in [1.29, 1.82) is 0 Å². The Morgan fingerprint density at radius 2 is 2.03 bits per heavy atom. The van der Waals surface area contributed by atoms with Crippen LogP contribution in [0, 0.1) is 5.82 Å². The van der Waals surface area contributed by atoms with Crippen molar-refractivity contribution in [2.75, 3.05) is 26.7 Å². The van der Waals surface area contributed by atoms with Gasteiger partial charge in [0.1, 0.15) is 18.2 Å². The van der Waals surface area contributed by atoms with Crippen molar-refractivity contribution in [1.82, 2.24) is 14.8 Å². The average Bonchev–Trinajstić information content (AvgIpc) is 3.41. The molecule has 2 aliphatic rings. The lowest BCUT2D eigenvalue weighted by Crippen LogP contribution is -2.44. The molecular weight excluding hydrogens is 397 g/mol. The Morgan fingerprint density at radius 3 is 2.71 bits per heavy atom. The average molecular weight is 428 g/mol. The largest absolute Gasteiger partial charge is 0.489 e. The third-order valence-corrected chi connectivity index (χ3v) is 6.36. The molecule has 3 heterocycles. The maximum atomic E-state index is 14.8. The van der Waals surface area contributed by atoms with E-state index < -0.39 is 5.82 Å². The van der Waals surface area contributed by atoms with Gasteiger partial charge in [-0.1, -0.05) is 0 Å². The van der Waals surface area contributed by atoms with Gasteiger partial charge in [0, 0.05) is 49.1 Å². The van der Waals surface area contributed by atoms with Gasteiger partial charge >= 0.3 is 0 Å². The number of hydrogen-bond acceptors (Lipinski definition) is 5. The van der Waals surface area contributed by atoms with E-state index >= 15 is 0 Å². The van der Waals surface area contributed by atoms with E-state index in [4.69, 9.17) is 9.47 Å². The number of carbonyl (C=O) groups is 1. The van der Waals surface area contributed by atoms with Gasteiger partial charge in [-0.3, -0.25) is 9.69 Å². The summed E-state index contributed by atoms with van der Waals surface area (Å²) in [6, 6.07) is 8.79. The van der Waals surface area contributed by atoms with Gasteiger partial charge in [-0.25, -0.2) is 9.37 Å². The van der Waals surface area contributed by atoms with Crippen molar-refractivity contribution < 1.29 is 18.7 Å². The number of rotatable bonds is 7. The Labute approximate surface area is 183 Å². The number of aromatic nitrogens is 1. The van der Waals surface area contributed by atoms with Crippen molar-refractivity contribution in [3.63, 3.8) is 0 Å². The Morgan fingerprint density at radius 1 is 1.19 bits per heavy atom. The molecular formula is C24H30FN3O3. The fraction of sp³-hybridized carbons (Fsp3) is 0.500. The maximum Gasteiger partial charge on any atom is 0.257 e. The molecule has 6 nitrogen and oxygen atoms in total. The number of amides is 1. The summed E-state index contributed by atoms with van der Waals surface area (Å²) < 4.78 is 25.5. The molecule has 0 saturated carbocycles. The second-order valence-corrected chi connectivity index (χ2v) is 8.42. The summed E-state index contributed by atoms with van der Waals surface area (Å²) in [4.78, 5) is 21.5. The van der Waals surface area contributed by atoms with Gasteiger partial charge in [-0.05, 0) is 57.4 Å². The molecule has 1 amide bonds. The summed E-state index contributed by atoms with van der Waals surface area (Å²) in [5.41, 5.74) is 0.956. The van der Waals surface area contributed by atoms with Crippen molar-refractivity contribution >= 4 is 5.91 Å². The minimum atomic E-state index is -0.546. The van der Waals surface area contributed by atoms with Gasteiger partial charge < -0.3 is 14.4 Å². The second kappa shape index (κ2) is 9.64.